The second-order valence-corrected chi connectivity index (χ2v) is 9.37. The standard InChI is InChI=1S/C27H27N5O3/c33-25-2-1-9-32(25)22-5-3-19(4-6-22)20-12-21(14-28-13-20)24-17-31(16-18-7-10-35-11-8-18)27(34)26-23(24)15-29-30-26/h3-6,12-15,17-18H,1-2,7-11,16H2,(H,29,30). The molecule has 0 atom stereocenters. The predicted molar refractivity (Wildman–Crippen MR) is 134 cm³/mol. The van der Waals surface area contributed by atoms with Gasteiger partial charge >= 0.3 is 0 Å². The van der Waals surface area contributed by atoms with E-state index in [1.54, 1.807) is 10.8 Å². The fourth-order valence-electron chi connectivity index (χ4n) is 5.15. The Bertz CT molecular complexity index is 1430. The quantitative estimate of drug-likeness (QED) is 0.477. The summed E-state index contributed by atoms with van der Waals surface area (Å²) in [4.78, 5) is 31.5. The van der Waals surface area contributed by atoms with Gasteiger partial charge in [-0.1, -0.05) is 12.1 Å². The van der Waals surface area contributed by atoms with Crippen molar-refractivity contribution in [1.29, 1.82) is 0 Å². The predicted octanol–water partition coefficient (Wildman–Crippen LogP) is 4.01. The first-order chi connectivity index (χ1) is 17.2. The summed E-state index contributed by atoms with van der Waals surface area (Å²) < 4.78 is 7.29. The van der Waals surface area contributed by atoms with Gasteiger partial charge in [-0.3, -0.25) is 19.7 Å². The summed E-state index contributed by atoms with van der Waals surface area (Å²) in [6.07, 6.45) is 10.8. The Labute approximate surface area is 202 Å². The van der Waals surface area contributed by atoms with E-state index >= 15 is 0 Å². The van der Waals surface area contributed by atoms with E-state index in [0.29, 0.717) is 24.4 Å². The number of amides is 1. The van der Waals surface area contributed by atoms with Gasteiger partial charge in [-0.05, 0) is 48.9 Å². The van der Waals surface area contributed by atoms with Crippen molar-refractivity contribution in [3.63, 3.8) is 0 Å². The average molecular weight is 470 g/mol. The molecule has 0 saturated carbocycles. The number of ether oxygens (including phenoxy) is 1. The number of fused-ring (bicyclic) bond motifs is 1. The number of nitrogens with zero attached hydrogens (tertiary/aromatic N) is 4. The minimum absolute atomic E-state index is 0.0519. The summed E-state index contributed by atoms with van der Waals surface area (Å²) in [5.41, 5.74) is 5.24. The molecule has 5 heterocycles. The van der Waals surface area contributed by atoms with E-state index in [9.17, 15) is 9.59 Å². The summed E-state index contributed by atoms with van der Waals surface area (Å²) in [7, 11) is 0. The number of benzene rings is 1. The zero-order valence-electron chi connectivity index (χ0n) is 19.4. The lowest BCUT2D eigenvalue weighted by molar-refractivity contribution is -0.117. The van der Waals surface area contributed by atoms with Crippen LogP contribution < -0.4 is 10.5 Å². The van der Waals surface area contributed by atoms with Gasteiger partial charge < -0.3 is 14.2 Å². The molecule has 2 aliphatic rings. The van der Waals surface area contributed by atoms with Crippen LogP contribution in [0.2, 0.25) is 0 Å². The van der Waals surface area contributed by atoms with E-state index < -0.39 is 0 Å². The molecule has 4 aromatic rings. The first-order valence-corrected chi connectivity index (χ1v) is 12.2. The highest BCUT2D eigenvalue weighted by Crippen LogP contribution is 2.31. The number of rotatable bonds is 5. The maximum absolute atomic E-state index is 13.1. The number of nitrogens with one attached hydrogen (secondary N) is 1. The van der Waals surface area contributed by atoms with Gasteiger partial charge in [0, 0.05) is 79.1 Å². The highest BCUT2D eigenvalue weighted by Gasteiger charge is 2.22. The highest BCUT2D eigenvalue weighted by atomic mass is 16.5. The number of anilines is 1. The van der Waals surface area contributed by atoms with Gasteiger partial charge in [-0.25, -0.2) is 0 Å². The molecule has 6 rings (SSSR count). The molecule has 1 amide bonds. The molecule has 8 heteroatoms. The van der Waals surface area contributed by atoms with Crippen molar-refractivity contribution in [2.75, 3.05) is 24.7 Å². The lowest BCUT2D eigenvalue weighted by Crippen LogP contribution is -2.27. The normalized spacial score (nSPS) is 16.9. The molecule has 3 aromatic heterocycles. The van der Waals surface area contributed by atoms with Gasteiger partial charge in [0.1, 0.15) is 5.52 Å². The number of hydrogen-bond acceptors (Lipinski definition) is 5. The Morgan fingerprint density at radius 2 is 1.80 bits per heavy atom. The SMILES string of the molecule is O=C1CCCN1c1ccc(-c2cncc(-c3cn(CC4CCOCC4)c(=O)c4[nH]ncc34)c2)cc1. The molecule has 2 fully saturated rings. The van der Waals surface area contributed by atoms with Crippen LogP contribution in [0.3, 0.4) is 0 Å². The Morgan fingerprint density at radius 1 is 1.00 bits per heavy atom. The van der Waals surface area contributed by atoms with E-state index in [0.717, 1.165) is 72.3 Å². The van der Waals surface area contributed by atoms with Gasteiger partial charge in [0.05, 0.1) is 6.20 Å². The van der Waals surface area contributed by atoms with Gasteiger partial charge in [0.25, 0.3) is 5.56 Å². The second-order valence-electron chi connectivity index (χ2n) is 9.37. The zero-order valence-corrected chi connectivity index (χ0v) is 19.4. The molecule has 0 aliphatic carbocycles. The van der Waals surface area contributed by atoms with Crippen LogP contribution in [-0.4, -0.2) is 45.4 Å². The van der Waals surface area contributed by atoms with Crippen molar-refractivity contribution in [2.45, 2.75) is 32.2 Å². The van der Waals surface area contributed by atoms with Crippen LogP contribution in [-0.2, 0) is 16.1 Å². The van der Waals surface area contributed by atoms with Crippen LogP contribution in [0.25, 0.3) is 33.2 Å². The summed E-state index contributed by atoms with van der Waals surface area (Å²) >= 11 is 0. The summed E-state index contributed by atoms with van der Waals surface area (Å²) in [5, 5.41) is 7.85. The first-order valence-electron chi connectivity index (χ1n) is 12.2. The molecule has 1 aromatic carbocycles. The van der Waals surface area contributed by atoms with Gasteiger partial charge in [0.2, 0.25) is 5.91 Å². The molecule has 0 radical (unpaired) electrons. The molecular weight excluding hydrogens is 442 g/mol. The number of aromatic nitrogens is 4. The van der Waals surface area contributed by atoms with Crippen LogP contribution >= 0.6 is 0 Å². The van der Waals surface area contributed by atoms with Crippen molar-refractivity contribution < 1.29 is 9.53 Å². The van der Waals surface area contributed by atoms with E-state index in [1.807, 2.05) is 47.8 Å². The topological polar surface area (TPSA) is 93.1 Å². The molecule has 2 saturated heterocycles. The summed E-state index contributed by atoms with van der Waals surface area (Å²) in [5.74, 6) is 0.599. The van der Waals surface area contributed by atoms with Crippen LogP contribution in [0.1, 0.15) is 25.7 Å². The van der Waals surface area contributed by atoms with Crippen molar-refractivity contribution in [1.82, 2.24) is 19.7 Å². The van der Waals surface area contributed by atoms with Crippen molar-refractivity contribution >= 4 is 22.5 Å². The molecule has 0 spiro atoms. The van der Waals surface area contributed by atoms with E-state index in [1.165, 1.54) is 0 Å². The second kappa shape index (κ2) is 9.11. The van der Waals surface area contributed by atoms with Crippen molar-refractivity contribution in [3.05, 3.63) is 65.5 Å². The lowest BCUT2D eigenvalue weighted by Gasteiger charge is -2.23. The first kappa shape index (κ1) is 21.7. The number of carbonyl (C=O) groups excluding carboxylic acids is 1. The van der Waals surface area contributed by atoms with Gasteiger partial charge in [-0.2, -0.15) is 5.10 Å². The third-order valence-corrected chi connectivity index (χ3v) is 7.12. The molecule has 35 heavy (non-hydrogen) atoms. The third-order valence-electron chi connectivity index (χ3n) is 7.12. The van der Waals surface area contributed by atoms with Crippen LogP contribution in [0.15, 0.2) is 59.9 Å². The zero-order chi connectivity index (χ0) is 23.8. The van der Waals surface area contributed by atoms with Gasteiger partial charge in [-0.15, -0.1) is 0 Å². The maximum Gasteiger partial charge on any atom is 0.276 e. The van der Waals surface area contributed by atoms with E-state index in [4.69, 9.17) is 4.74 Å². The summed E-state index contributed by atoms with van der Waals surface area (Å²) in [6.45, 7) is 2.93. The average Bonchev–Trinajstić information content (AvgIpc) is 3.56. The minimum atomic E-state index is -0.0519. The Morgan fingerprint density at radius 3 is 2.57 bits per heavy atom. The molecule has 1 N–H and O–H groups in total. The molecule has 0 bridgehead atoms. The number of hydrogen-bond donors (Lipinski definition) is 1. The number of carbonyl (C=O) groups is 1. The molecule has 8 nitrogen and oxygen atoms in total. The van der Waals surface area contributed by atoms with E-state index in [2.05, 4.69) is 21.2 Å². The maximum atomic E-state index is 13.1. The smallest absolute Gasteiger partial charge is 0.276 e. The fraction of sp³-hybridized carbons (Fsp3) is 0.333. The summed E-state index contributed by atoms with van der Waals surface area (Å²) in [6, 6.07) is 10.1. The number of aromatic amines is 1. The van der Waals surface area contributed by atoms with Crippen LogP contribution in [0.4, 0.5) is 5.69 Å². The van der Waals surface area contributed by atoms with Crippen LogP contribution in [0, 0.1) is 5.92 Å². The number of H-pyrrole nitrogens is 1. The van der Waals surface area contributed by atoms with Crippen molar-refractivity contribution in [2.24, 2.45) is 5.92 Å². The highest BCUT2D eigenvalue weighted by molar-refractivity contribution is 5.96. The van der Waals surface area contributed by atoms with Gasteiger partial charge in [0.15, 0.2) is 0 Å². The van der Waals surface area contributed by atoms with Crippen LogP contribution in [0.5, 0.6) is 0 Å². The number of pyridine rings is 2. The van der Waals surface area contributed by atoms with Crippen molar-refractivity contribution in [3.8, 4) is 22.3 Å². The lowest BCUT2D eigenvalue weighted by atomic mass is 9.99. The fourth-order valence-corrected chi connectivity index (χ4v) is 5.15. The Balaban J connectivity index is 1.35. The molecular formula is C27H27N5O3. The molecule has 2 aliphatic heterocycles. The Kier molecular flexibility index (Phi) is 5.66. The van der Waals surface area contributed by atoms with E-state index in [-0.39, 0.29) is 11.5 Å². The molecule has 0 unspecified atom stereocenters. The largest absolute Gasteiger partial charge is 0.381 e. The Hall–Kier alpha value is -3.78. The third kappa shape index (κ3) is 4.14. The minimum Gasteiger partial charge on any atom is -0.381 e. The monoisotopic (exact) mass is 469 g/mol. The molecule has 178 valence electrons.